The Kier molecular flexibility index (Phi) is 6.39. The van der Waals surface area contributed by atoms with Crippen LogP contribution in [0.2, 0.25) is 0 Å². The minimum absolute atomic E-state index is 0.120. The van der Waals surface area contributed by atoms with Crippen LogP contribution < -0.4 is 10.5 Å². The van der Waals surface area contributed by atoms with E-state index in [9.17, 15) is 9.59 Å². The normalized spacial score (nSPS) is 14.5. The van der Waals surface area contributed by atoms with Crippen LogP contribution in [0.25, 0.3) is 0 Å². The molecular formula is C21H24N4O3. The van der Waals surface area contributed by atoms with Gasteiger partial charge in [0.05, 0.1) is 0 Å². The number of ether oxygens (including phenoxy) is 1. The van der Waals surface area contributed by atoms with Crippen molar-refractivity contribution in [2.75, 3.05) is 32.8 Å². The van der Waals surface area contributed by atoms with Gasteiger partial charge in [-0.15, -0.1) is 0 Å². The number of amides is 2. The van der Waals surface area contributed by atoms with Crippen molar-refractivity contribution in [3.8, 4) is 5.75 Å². The first-order chi connectivity index (χ1) is 13.6. The van der Waals surface area contributed by atoms with Crippen molar-refractivity contribution < 1.29 is 14.3 Å². The minimum atomic E-state index is -0.426. The van der Waals surface area contributed by atoms with Crippen LogP contribution in [0.5, 0.6) is 5.75 Å². The summed E-state index contributed by atoms with van der Waals surface area (Å²) < 4.78 is 5.55. The molecule has 1 saturated heterocycles. The number of benzene rings is 1. The molecular weight excluding hydrogens is 356 g/mol. The first kappa shape index (κ1) is 19.6. The predicted molar refractivity (Wildman–Crippen MR) is 106 cm³/mol. The van der Waals surface area contributed by atoms with Crippen molar-refractivity contribution in [2.24, 2.45) is 5.73 Å². The van der Waals surface area contributed by atoms with E-state index in [0.717, 1.165) is 25.2 Å². The number of nitrogens with two attached hydrogens (primary N) is 1. The van der Waals surface area contributed by atoms with Crippen LogP contribution in [0.4, 0.5) is 0 Å². The Labute approximate surface area is 164 Å². The van der Waals surface area contributed by atoms with Crippen LogP contribution in [0, 0.1) is 0 Å². The molecule has 0 spiro atoms. The summed E-state index contributed by atoms with van der Waals surface area (Å²) in [4.78, 5) is 32.3. The van der Waals surface area contributed by atoms with E-state index in [2.05, 4.69) is 16.5 Å². The molecule has 2 N–H and O–H groups in total. The molecule has 0 aliphatic carbocycles. The predicted octanol–water partition coefficient (Wildman–Crippen LogP) is 1.70. The molecule has 0 unspecified atom stereocenters. The molecule has 2 heterocycles. The van der Waals surface area contributed by atoms with Crippen molar-refractivity contribution in [1.29, 1.82) is 0 Å². The highest BCUT2D eigenvalue weighted by atomic mass is 16.5. The molecule has 0 atom stereocenters. The minimum Gasteiger partial charge on any atom is -0.487 e. The lowest BCUT2D eigenvalue weighted by Gasteiger charge is -2.34. The molecule has 0 bridgehead atoms. The largest absolute Gasteiger partial charge is 0.487 e. The van der Waals surface area contributed by atoms with E-state index in [4.69, 9.17) is 10.5 Å². The van der Waals surface area contributed by atoms with Crippen LogP contribution in [0.1, 0.15) is 26.4 Å². The SMILES string of the molecule is C=CCOc1cccnc1C(=O)N1CCN(Cc2ccc(C(N)=O)cc2)CC1. The van der Waals surface area contributed by atoms with Crippen molar-refractivity contribution in [2.45, 2.75) is 6.54 Å². The standard InChI is InChI=1S/C21H24N4O3/c1-2-14-28-18-4-3-9-23-19(18)21(27)25-12-10-24(11-13-25)15-16-5-7-17(8-6-16)20(22)26/h2-9H,1,10-15H2,(H2,22,26). The number of piperazine rings is 1. The van der Waals surface area contributed by atoms with Crippen molar-refractivity contribution in [3.05, 3.63) is 72.1 Å². The summed E-state index contributed by atoms with van der Waals surface area (Å²) in [6, 6.07) is 10.8. The Hall–Kier alpha value is -3.19. The molecule has 1 aromatic carbocycles. The second-order valence-corrected chi connectivity index (χ2v) is 6.58. The molecule has 1 aliphatic heterocycles. The van der Waals surface area contributed by atoms with Gasteiger partial charge in [0.25, 0.3) is 5.91 Å². The Morgan fingerprint density at radius 2 is 1.86 bits per heavy atom. The summed E-state index contributed by atoms with van der Waals surface area (Å²) >= 11 is 0. The van der Waals surface area contributed by atoms with Gasteiger partial charge in [-0.2, -0.15) is 0 Å². The molecule has 1 aliphatic rings. The van der Waals surface area contributed by atoms with E-state index in [1.54, 1.807) is 41.4 Å². The number of pyridine rings is 1. The third kappa shape index (κ3) is 4.75. The highest BCUT2D eigenvalue weighted by molar-refractivity contribution is 5.95. The number of aromatic nitrogens is 1. The average Bonchev–Trinajstić information content (AvgIpc) is 2.73. The molecule has 1 fully saturated rings. The van der Waals surface area contributed by atoms with Gasteiger partial charge in [-0.3, -0.25) is 14.5 Å². The van der Waals surface area contributed by atoms with Gasteiger partial charge >= 0.3 is 0 Å². The van der Waals surface area contributed by atoms with Crippen LogP contribution >= 0.6 is 0 Å². The van der Waals surface area contributed by atoms with Gasteiger partial charge in [0.15, 0.2) is 11.4 Å². The van der Waals surface area contributed by atoms with Crippen molar-refractivity contribution >= 4 is 11.8 Å². The summed E-state index contributed by atoms with van der Waals surface area (Å²) in [6.07, 6.45) is 3.23. The zero-order valence-electron chi connectivity index (χ0n) is 15.7. The summed E-state index contributed by atoms with van der Waals surface area (Å²) in [5, 5.41) is 0. The van der Waals surface area contributed by atoms with E-state index in [0.29, 0.717) is 36.7 Å². The topological polar surface area (TPSA) is 88.8 Å². The zero-order valence-corrected chi connectivity index (χ0v) is 15.7. The Morgan fingerprint density at radius 3 is 2.50 bits per heavy atom. The molecule has 2 amide bonds. The lowest BCUT2D eigenvalue weighted by Crippen LogP contribution is -2.48. The Balaban J connectivity index is 1.57. The lowest BCUT2D eigenvalue weighted by molar-refractivity contribution is 0.0618. The van der Waals surface area contributed by atoms with Crippen LogP contribution in [-0.4, -0.2) is 59.4 Å². The van der Waals surface area contributed by atoms with E-state index < -0.39 is 5.91 Å². The highest BCUT2D eigenvalue weighted by Gasteiger charge is 2.25. The third-order valence-electron chi connectivity index (χ3n) is 4.63. The average molecular weight is 380 g/mol. The third-order valence-corrected chi connectivity index (χ3v) is 4.63. The van der Waals surface area contributed by atoms with Gasteiger partial charge in [0.2, 0.25) is 5.91 Å². The van der Waals surface area contributed by atoms with Gasteiger partial charge in [-0.1, -0.05) is 24.8 Å². The van der Waals surface area contributed by atoms with Gasteiger partial charge in [-0.05, 0) is 29.8 Å². The Bertz CT molecular complexity index is 843. The van der Waals surface area contributed by atoms with Gasteiger partial charge in [-0.25, -0.2) is 4.98 Å². The maximum Gasteiger partial charge on any atom is 0.276 e. The summed E-state index contributed by atoms with van der Waals surface area (Å²) in [5.74, 6) is -0.0702. The number of nitrogens with zero attached hydrogens (tertiary/aromatic N) is 3. The summed E-state index contributed by atoms with van der Waals surface area (Å²) in [7, 11) is 0. The fourth-order valence-electron chi connectivity index (χ4n) is 3.11. The smallest absolute Gasteiger partial charge is 0.276 e. The van der Waals surface area contributed by atoms with E-state index >= 15 is 0 Å². The number of rotatable bonds is 7. The van der Waals surface area contributed by atoms with Gasteiger partial charge in [0.1, 0.15) is 6.61 Å². The van der Waals surface area contributed by atoms with E-state index in [1.807, 2.05) is 12.1 Å². The zero-order chi connectivity index (χ0) is 19.9. The Morgan fingerprint density at radius 1 is 1.14 bits per heavy atom. The fraction of sp³-hybridized carbons (Fsp3) is 0.286. The summed E-state index contributed by atoms with van der Waals surface area (Å²) in [5.41, 5.74) is 7.21. The second-order valence-electron chi connectivity index (χ2n) is 6.58. The maximum atomic E-state index is 12.8. The number of carbonyl (C=O) groups is 2. The number of hydrogen-bond donors (Lipinski definition) is 1. The molecule has 7 heteroatoms. The fourth-order valence-corrected chi connectivity index (χ4v) is 3.11. The van der Waals surface area contributed by atoms with Gasteiger partial charge < -0.3 is 15.4 Å². The van der Waals surface area contributed by atoms with Gasteiger partial charge in [0, 0.05) is 44.5 Å². The number of hydrogen-bond acceptors (Lipinski definition) is 5. The molecule has 28 heavy (non-hydrogen) atoms. The molecule has 0 saturated carbocycles. The van der Waals surface area contributed by atoms with E-state index in [1.165, 1.54) is 0 Å². The van der Waals surface area contributed by atoms with Crippen LogP contribution in [0.3, 0.4) is 0 Å². The van der Waals surface area contributed by atoms with E-state index in [-0.39, 0.29) is 5.91 Å². The monoisotopic (exact) mass is 380 g/mol. The first-order valence-corrected chi connectivity index (χ1v) is 9.17. The molecule has 1 aromatic heterocycles. The van der Waals surface area contributed by atoms with Crippen LogP contribution in [-0.2, 0) is 6.54 Å². The lowest BCUT2D eigenvalue weighted by atomic mass is 10.1. The maximum absolute atomic E-state index is 12.8. The molecule has 0 radical (unpaired) electrons. The van der Waals surface area contributed by atoms with Crippen molar-refractivity contribution in [3.63, 3.8) is 0 Å². The van der Waals surface area contributed by atoms with Crippen molar-refractivity contribution in [1.82, 2.24) is 14.8 Å². The first-order valence-electron chi connectivity index (χ1n) is 9.17. The number of carbonyl (C=O) groups excluding carboxylic acids is 2. The summed E-state index contributed by atoms with van der Waals surface area (Å²) in [6.45, 7) is 7.48. The molecule has 2 aromatic rings. The number of primary amides is 1. The second kappa shape index (κ2) is 9.14. The molecule has 146 valence electrons. The molecule has 3 rings (SSSR count). The quantitative estimate of drug-likeness (QED) is 0.739. The van der Waals surface area contributed by atoms with Crippen LogP contribution in [0.15, 0.2) is 55.3 Å². The molecule has 7 nitrogen and oxygen atoms in total. The highest BCUT2D eigenvalue weighted by Crippen LogP contribution is 2.19.